The quantitative estimate of drug-likeness (QED) is 0.255. The van der Waals surface area contributed by atoms with E-state index in [9.17, 15) is 13.6 Å². The van der Waals surface area contributed by atoms with Crippen LogP contribution in [0.1, 0.15) is 24.5 Å². The van der Waals surface area contributed by atoms with E-state index in [1.807, 2.05) is 36.4 Å². The van der Waals surface area contributed by atoms with Crippen LogP contribution < -0.4 is 4.90 Å². The number of carboxylic acid groups (broad SMARTS) is 1. The molecule has 9 heteroatoms. The Hall–Kier alpha value is -3.52. The molecular weight excluding hydrogens is 530 g/mol. The SMILES string of the molecule is CC(CC(=O)O)N(N1CCN(c2ccc(C#Cc3cccc(-c4cc5ccccc5s4)c3)cc2)CC1)S(=O)[O-]. The topological polar surface area (TPSA) is 87.2 Å². The van der Waals surface area contributed by atoms with Gasteiger partial charge in [-0.15, -0.1) is 11.3 Å². The van der Waals surface area contributed by atoms with Crippen molar-refractivity contribution in [2.75, 3.05) is 31.1 Å². The average molecular weight is 559 g/mol. The van der Waals surface area contributed by atoms with E-state index >= 15 is 0 Å². The lowest BCUT2D eigenvalue weighted by Gasteiger charge is -2.44. The first-order valence-corrected chi connectivity index (χ1v) is 14.5. The van der Waals surface area contributed by atoms with Gasteiger partial charge in [0.05, 0.1) is 6.42 Å². The molecule has 200 valence electrons. The van der Waals surface area contributed by atoms with E-state index < -0.39 is 23.3 Å². The van der Waals surface area contributed by atoms with Gasteiger partial charge in [-0.25, -0.2) is 5.01 Å². The highest BCUT2D eigenvalue weighted by Gasteiger charge is 2.28. The van der Waals surface area contributed by atoms with Crippen molar-refractivity contribution < 1.29 is 18.7 Å². The molecule has 1 aliphatic heterocycles. The number of benzene rings is 3. The highest BCUT2D eigenvalue weighted by atomic mass is 32.2. The van der Waals surface area contributed by atoms with Crippen LogP contribution in [0, 0.1) is 11.8 Å². The van der Waals surface area contributed by atoms with Crippen molar-refractivity contribution in [1.29, 1.82) is 0 Å². The van der Waals surface area contributed by atoms with Crippen molar-refractivity contribution >= 4 is 44.3 Å². The van der Waals surface area contributed by atoms with Gasteiger partial charge in [-0.2, -0.15) is 4.41 Å². The Morgan fingerprint density at radius 2 is 1.72 bits per heavy atom. The van der Waals surface area contributed by atoms with Crippen molar-refractivity contribution in [2.24, 2.45) is 0 Å². The minimum atomic E-state index is -2.53. The molecule has 1 saturated heterocycles. The van der Waals surface area contributed by atoms with Crippen LogP contribution in [0.2, 0.25) is 0 Å². The van der Waals surface area contributed by atoms with Gasteiger partial charge in [0.25, 0.3) is 0 Å². The van der Waals surface area contributed by atoms with Crippen molar-refractivity contribution in [1.82, 2.24) is 9.42 Å². The van der Waals surface area contributed by atoms with Crippen LogP contribution in [0.15, 0.2) is 78.9 Å². The number of rotatable bonds is 7. The van der Waals surface area contributed by atoms with Gasteiger partial charge in [-0.05, 0) is 66.4 Å². The second-order valence-electron chi connectivity index (χ2n) is 9.43. The number of aliphatic carboxylic acids is 1. The summed E-state index contributed by atoms with van der Waals surface area (Å²) in [5.41, 5.74) is 4.08. The summed E-state index contributed by atoms with van der Waals surface area (Å²) in [7, 11) is 0. The molecule has 2 heterocycles. The summed E-state index contributed by atoms with van der Waals surface area (Å²) in [4.78, 5) is 14.5. The van der Waals surface area contributed by atoms with Crippen LogP contribution in [0.5, 0.6) is 0 Å². The fourth-order valence-corrected chi connectivity index (χ4v) is 6.56. The van der Waals surface area contributed by atoms with Gasteiger partial charge in [0.15, 0.2) is 0 Å². The number of nitrogens with zero attached hydrogens (tertiary/aromatic N) is 3. The number of thiophene rings is 1. The van der Waals surface area contributed by atoms with Gasteiger partial charge in [0, 0.05) is 69.9 Å². The second-order valence-corrected chi connectivity index (χ2v) is 11.3. The molecule has 0 spiro atoms. The first kappa shape index (κ1) is 27.1. The summed E-state index contributed by atoms with van der Waals surface area (Å²) < 4.78 is 26.0. The maximum absolute atomic E-state index is 11.8. The Balaban J connectivity index is 1.22. The third-order valence-electron chi connectivity index (χ3n) is 6.69. The lowest BCUT2D eigenvalue weighted by atomic mass is 10.1. The Kier molecular flexibility index (Phi) is 8.41. The number of hydrogen-bond acceptors (Lipinski definition) is 6. The summed E-state index contributed by atoms with van der Waals surface area (Å²) in [5.74, 6) is 5.52. The van der Waals surface area contributed by atoms with E-state index in [0.717, 1.165) is 26.8 Å². The average Bonchev–Trinajstić information content (AvgIpc) is 3.37. The van der Waals surface area contributed by atoms with Crippen molar-refractivity contribution in [2.45, 2.75) is 19.4 Å². The minimum Gasteiger partial charge on any atom is -0.759 e. The summed E-state index contributed by atoms with van der Waals surface area (Å²) in [6, 6.07) is 26.3. The molecule has 1 N–H and O–H groups in total. The molecule has 1 fully saturated rings. The van der Waals surface area contributed by atoms with Crippen LogP contribution in [-0.4, -0.2) is 61.5 Å². The van der Waals surface area contributed by atoms with Gasteiger partial charge >= 0.3 is 5.97 Å². The predicted molar refractivity (Wildman–Crippen MR) is 156 cm³/mol. The fourth-order valence-electron chi connectivity index (χ4n) is 4.78. The summed E-state index contributed by atoms with van der Waals surface area (Å²) in [6.07, 6.45) is -0.244. The highest BCUT2D eigenvalue weighted by molar-refractivity contribution is 7.76. The molecule has 1 aliphatic rings. The lowest BCUT2D eigenvalue weighted by Crippen LogP contribution is -2.57. The van der Waals surface area contributed by atoms with Gasteiger partial charge in [0.2, 0.25) is 0 Å². The van der Waals surface area contributed by atoms with E-state index in [2.05, 4.69) is 59.2 Å². The summed E-state index contributed by atoms with van der Waals surface area (Å²) >= 11 is -0.746. The van der Waals surface area contributed by atoms with Crippen LogP contribution in [-0.2, 0) is 16.1 Å². The van der Waals surface area contributed by atoms with Crippen LogP contribution in [0.3, 0.4) is 0 Å². The van der Waals surface area contributed by atoms with Crippen LogP contribution in [0.25, 0.3) is 20.5 Å². The van der Waals surface area contributed by atoms with E-state index in [1.54, 1.807) is 23.3 Å². The van der Waals surface area contributed by atoms with Crippen molar-refractivity contribution in [3.05, 3.63) is 90.0 Å². The molecule has 2 unspecified atom stereocenters. The third-order valence-corrected chi connectivity index (χ3v) is 8.75. The first-order chi connectivity index (χ1) is 18.9. The van der Waals surface area contributed by atoms with E-state index in [4.69, 9.17) is 5.11 Å². The van der Waals surface area contributed by atoms with Crippen LogP contribution in [0.4, 0.5) is 5.69 Å². The second kappa shape index (κ2) is 12.1. The molecule has 0 bridgehead atoms. The molecule has 0 saturated carbocycles. The zero-order valence-electron chi connectivity index (χ0n) is 21.4. The number of carboxylic acids is 1. The van der Waals surface area contributed by atoms with Crippen LogP contribution >= 0.6 is 11.3 Å². The Morgan fingerprint density at radius 1 is 1.00 bits per heavy atom. The monoisotopic (exact) mass is 558 g/mol. The van der Waals surface area contributed by atoms with Crippen molar-refractivity contribution in [3.8, 4) is 22.3 Å². The Morgan fingerprint density at radius 3 is 2.41 bits per heavy atom. The van der Waals surface area contributed by atoms with E-state index in [-0.39, 0.29) is 6.42 Å². The maximum atomic E-state index is 11.8. The maximum Gasteiger partial charge on any atom is 0.305 e. The van der Waals surface area contributed by atoms with Gasteiger partial charge in [-0.3, -0.25) is 9.00 Å². The molecule has 3 aromatic carbocycles. The molecule has 0 aliphatic carbocycles. The zero-order valence-corrected chi connectivity index (χ0v) is 23.1. The molecule has 1 aromatic heterocycles. The number of anilines is 1. The summed E-state index contributed by atoms with van der Waals surface area (Å²) in [6.45, 7) is 3.83. The fraction of sp³-hybridized carbons (Fsp3) is 0.233. The molecule has 2 atom stereocenters. The third kappa shape index (κ3) is 6.56. The smallest absolute Gasteiger partial charge is 0.305 e. The molecule has 5 rings (SSSR count). The molecule has 0 radical (unpaired) electrons. The number of hydrazine groups is 1. The molecular formula is C30H28N3O4S2-. The molecule has 4 aromatic rings. The number of hydrogen-bond donors (Lipinski definition) is 1. The van der Waals surface area contributed by atoms with E-state index in [0.29, 0.717) is 26.2 Å². The summed E-state index contributed by atoms with van der Waals surface area (Å²) in [5, 5.41) is 12.0. The molecule has 39 heavy (non-hydrogen) atoms. The van der Waals surface area contributed by atoms with Gasteiger partial charge in [0.1, 0.15) is 0 Å². The largest absolute Gasteiger partial charge is 0.759 e. The Bertz CT molecular complexity index is 1520. The standard InChI is InChI=1S/C30H29N3O4S2/c1-22(19-30(34)35)33(39(36)37)32-17-15-31(16-18-32)27-13-11-23(12-14-27)9-10-24-5-4-7-25(20-24)29-21-26-6-2-3-8-28(26)38-29/h2-8,11-14,20-22H,15-19H2,1H3,(H,34,35)(H,36,37)/p-1. The number of carbonyl (C=O) groups is 1. The van der Waals surface area contributed by atoms with Gasteiger partial charge < -0.3 is 14.6 Å². The first-order valence-electron chi connectivity index (χ1n) is 12.7. The minimum absolute atomic E-state index is 0.244. The Labute approximate surface area is 234 Å². The lowest BCUT2D eigenvalue weighted by molar-refractivity contribution is -0.139. The van der Waals surface area contributed by atoms with Gasteiger partial charge in [-0.1, -0.05) is 42.2 Å². The molecule has 7 nitrogen and oxygen atoms in total. The zero-order chi connectivity index (χ0) is 27.4. The molecule has 0 amide bonds. The number of fused-ring (bicyclic) bond motifs is 1. The van der Waals surface area contributed by atoms with Crippen molar-refractivity contribution in [3.63, 3.8) is 0 Å². The predicted octanol–water partition coefficient (Wildman–Crippen LogP) is 4.96. The van der Waals surface area contributed by atoms with E-state index in [1.165, 1.54) is 15.0 Å². The normalized spacial score (nSPS) is 15.6. The highest BCUT2D eigenvalue weighted by Crippen LogP contribution is 2.33. The number of piperazine rings is 1.